The second kappa shape index (κ2) is 11.7. The number of carbonyl (C=O) groups is 2. The summed E-state index contributed by atoms with van der Waals surface area (Å²) in [4.78, 5) is 26.4. The van der Waals surface area contributed by atoms with Crippen LogP contribution in [0, 0.1) is 0 Å². The van der Waals surface area contributed by atoms with Gasteiger partial charge in [0.1, 0.15) is 5.75 Å². The molecule has 8 heteroatoms. The number of nitrogens with one attached hydrogen (secondary N) is 1. The minimum Gasteiger partial charge on any atom is -0.422 e. The van der Waals surface area contributed by atoms with E-state index < -0.39 is 17.5 Å². The third-order valence-electron chi connectivity index (χ3n) is 6.36. The molecule has 0 radical (unpaired) electrons. The Balaban J connectivity index is 1.48. The van der Waals surface area contributed by atoms with Crippen LogP contribution in [0.5, 0.6) is 5.75 Å². The quantitative estimate of drug-likeness (QED) is 0.0983. The normalized spacial score (nSPS) is 11.5. The van der Waals surface area contributed by atoms with Crippen molar-refractivity contribution in [1.82, 2.24) is 5.43 Å². The molecule has 5 aromatic rings. The number of ether oxygens (including phenoxy) is 1. The van der Waals surface area contributed by atoms with Crippen molar-refractivity contribution in [2.75, 3.05) is 0 Å². The van der Waals surface area contributed by atoms with E-state index in [0.29, 0.717) is 21.7 Å². The van der Waals surface area contributed by atoms with Gasteiger partial charge in [-0.3, -0.25) is 4.79 Å². The van der Waals surface area contributed by atoms with E-state index in [9.17, 15) is 14.7 Å². The van der Waals surface area contributed by atoms with Gasteiger partial charge in [0.25, 0.3) is 5.91 Å². The van der Waals surface area contributed by atoms with Crippen molar-refractivity contribution >= 4 is 52.1 Å². The van der Waals surface area contributed by atoms with Crippen LogP contribution in [0.1, 0.15) is 27.0 Å². The third-order valence-corrected chi connectivity index (χ3v) is 6.90. The van der Waals surface area contributed by atoms with Crippen LogP contribution < -0.4 is 10.2 Å². The number of carbonyl (C=O) groups excluding carboxylic acids is 2. The fraction of sp³-hybridized carbons (Fsp3) is 0.0312. The lowest BCUT2D eigenvalue weighted by molar-refractivity contribution is -0.136. The summed E-state index contributed by atoms with van der Waals surface area (Å²) in [6.07, 6.45) is 1.38. The Kier molecular flexibility index (Phi) is 7.94. The van der Waals surface area contributed by atoms with Crippen LogP contribution >= 0.6 is 23.2 Å². The van der Waals surface area contributed by atoms with Crippen LogP contribution in [0.3, 0.4) is 0 Å². The molecule has 0 heterocycles. The maximum atomic E-state index is 13.4. The number of esters is 1. The number of hydrazone groups is 1. The van der Waals surface area contributed by atoms with Gasteiger partial charge < -0.3 is 9.84 Å². The summed E-state index contributed by atoms with van der Waals surface area (Å²) in [5, 5.41) is 18.0. The molecular weight excluding hydrogens is 547 g/mol. The molecule has 0 aromatic heterocycles. The van der Waals surface area contributed by atoms with Crippen molar-refractivity contribution in [2.24, 2.45) is 5.10 Å². The van der Waals surface area contributed by atoms with Gasteiger partial charge in [0.05, 0.1) is 16.8 Å². The maximum absolute atomic E-state index is 13.4. The molecule has 0 aliphatic heterocycles. The number of hydrogen-bond acceptors (Lipinski definition) is 5. The largest absolute Gasteiger partial charge is 0.422 e. The first kappa shape index (κ1) is 27.1. The van der Waals surface area contributed by atoms with E-state index in [1.807, 2.05) is 24.3 Å². The molecule has 2 N–H and O–H groups in total. The topological polar surface area (TPSA) is 88.0 Å². The van der Waals surface area contributed by atoms with Crippen molar-refractivity contribution in [3.8, 4) is 5.75 Å². The summed E-state index contributed by atoms with van der Waals surface area (Å²) in [6, 6.07) is 32.6. The van der Waals surface area contributed by atoms with E-state index in [-0.39, 0.29) is 16.3 Å². The first-order valence-electron chi connectivity index (χ1n) is 12.2. The van der Waals surface area contributed by atoms with Crippen molar-refractivity contribution in [3.05, 3.63) is 148 Å². The average Bonchev–Trinajstić information content (AvgIpc) is 2.98. The number of amides is 1. The van der Waals surface area contributed by atoms with Gasteiger partial charge in [0.2, 0.25) is 0 Å². The zero-order valence-electron chi connectivity index (χ0n) is 20.9. The van der Waals surface area contributed by atoms with Crippen LogP contribution in [-0.2, 0) is 10.4 Å². The summed E-state index contributed by atoms with van der Waals surface area (Å²) in [7, 11) is 0. The maximum Gasteiger partial charge on any atom is 0.345 e. The highest BCUT2D eigenvalue weighted by Gasteiger charge is 2.39. The monoisotopic (exact) mass is 568 g/mol. The lowest BCUT2D eigenvalue weighted by Crippen LogP contribution is -2.43. The SMILES string of the molecule is O=C(Oc1ccc2ccccc2c1C=NNC(=O)C(O)(c1ccccc1)c1ccccc1)c1ccc(Cl)cc1Cl. The Bertz CT molecular complexity index is 1680. The van der Waals surface area contributed by atoms with Crippen molar-refractivity contribution in [3.63, 3.8) is 0 Å². The Morgan fingerprint density at radius 1 is 0.800 bits per heavy atom. The molecule has 0 fully saturated rings. The molecule has 5 rings (SSSR count). The highest BCUT2D eigenvalue weighted by molar-refractivity contribution is 6.36. The minimum atomic E-state index is -2.00. The number of aliphatic hydroxyl groups is 1. The van der Waals surface area contributed by atoms with E-state index in [0.717, 1.165) is 10.8 Å². The molecule has 198 valence electrons. The standard InChI is InChI=1S/C32H22Cl2N2O4/c33-24-16-17-26(28(34)19-24)30(37)40-29-18-15-21-9-7-8-14-25(21)27(29)20-35-36-31(38)32(39,22-10-3-1-4-11-22)23-12-5-2-6-13-23/h1-20,39H,(H,36,38). The Hall–Kier alpha value is -4.49. The first-order chi connectivity index (χ1) is 19.4. The number of halogens is 2. The van der Waals surface area contributed by atoms with E-state index >= 15 is 0 Å². The fourth-order valence-electron chi connectivity index (χ4n) is 4.33. The second-order valence-electron chi connectivity index (χ2n) is 8.85. The predicted octanol–water partition coefficient (Wildman–Crippen LogP) is 6.75. The summed E-state index contributed by atoms with van der Waals surface area (Å²) in [5.41, 5.74) is 1.82. The second-order valence-corrected chi connectivity index (χ2v) is 9.70. The van der Waals surface area contributed by atoms with Crippen LogP contribution in [0.2, 0.25) is 10.0 Å². The van der Waals surface area contributed by atoms with Gasteiger partial charge in [0.15, 0.2) is 5.60 Å². The number of nitrogens with zero attached hydrogens (tertiary/aromatic N) is 1. The molecule has 0 aliphatic carbocycles. The molecule has 40 heavy (non-hydrogen) atoms. The van der Waals surface area contributed by atoms with Crippen molar-refractivity contribution in [1.29, 1.82) is 0 Å². The third kappa shape index (κ3) is 5.46. The summed E-state index contributed by atoms with van der Waals surface area (Å²) >= 11 is 12.2. The predicted molar refractivity (Wildman–Crippen MR) is 157 cm³/mol. The summed E-state index contributed by atoms with van der Waals surface area (Å²) in [6.45, 7) is 0. The van der Waals surface area contributed by atoms with Crippen LogP contribution in [0.4, 0.5) is 0 Å². The molecule has 6 nitrogen and oxygen atoms in total. The van der Waals surface area contributed by atoms with Gasteiger partial charge in [-0.2, -0.15) is 5.10 Å². The molecule has 0 unspecified atom stereocenters. The zero-order chi connectivity index (χ0) is 28.1. The van der Waals surface area contributed by atoms with Crippen LogP contribution in [0.25, 0.3) is 10.8 Å². The van der Waals surface area contributed by atoms with Gasteiger partial charge in [0, 0.05) is 10.6 Å². The lowest BCUT2D eigenvalue weighted by atomic mass is 9.85. The van der Waals surface area contributed by atoms with Crippen LogP contribution in [-0.4, -0.2) is 23.2 Å². The Morgan fingerprint density at radius 3 is 2.08 bits per heavy atom. The van der Waals surface area contributed by atoms with E-state index in [4.69, 9.17) is 27.9 Å². The van der Waals surface area contributed by atoms with Gasteiger partial charge in [-0.05, 0) is 46.2 Å². The van der Waals surface area contributed by atoms with Crippen molar-refractivity contribution < 1.29 is 19.4 Å². The molecule has 0 bridgehead atoms. The van der Waals surface area contributed by atoms with E-state index in [1.165, 1.54) is 18.3 Å². The molecule has 0 saturated carbocycles. The van der Waals surface area contributed by atoms with Gasteiger partial charge in [-0.25, -0.2) is 10.2 Å². The molecular formula is C32H22Cl2N2O4. The average molecular weight is 569 g/mol. The summed E-state index contributed by atoms with van der Waals surface area (Å²) < 4.78 is 5.70. The zero-order valence-corrected chi connectivity index (χ0v) is 22.4. The van der Waals surface area contributed by atoms with E-state index in [2.05, 4.69) is 10.5 Å². The number of hydrogen-bond donors (Lipinski definition) is 2. The smallest absolute Gasteiger partial charge is 0.345 e. The highest BCUT2D eigenvalue weighted by atomic mass is 35.5. The van der Waals surface area contributed by atoms with Gasteiger partial charge in [-0.1, -0.05) is 114 Å². The molecule has 0 saturated heterocycles. The number of rotatable bonds is 7. The fourth-order valence-corrected chi connectivity index (χ4v) is 4.82. The van der Waals surface area contributed by atoms with Crippen molar-refractivity contribution in [2.45, 2.75) is 5.60 Å². The highest BCUT2D eigenvalue weighted by Crippen LogP contribution is 2.31. The molecule has 5 aromatic carbocycles. The van der Waals surface area contributed by atoms with Gasteiger partial charge >= 0.3 is 5.97 Å². The molecule has 0 spiro atoms. The number of fused-ring (bicyclic) bond motifs is 1. The van der Waals surface area contributed by atoms with Gasteiger partial charge in [-0.15, -0.1) is 0 Å². The molecule has 0 atom stereocenters. The van der Waals surface area contributed by atoms with Crippen LogP contribution in [0.15, 0.2) is 120 Å². The summed E-state index contributed by atoms with van der Waals surface area (Å²) in [5.74, 6) is -1.24. The Labute approximate surface area is 240 Å². The number of benzene rings is 5. The molecule has 1 amide bonds. The lowest BCUT2D eigenvalue weighted by Gasteiger charge is -2.27. The Morgan fingerprint density at radius 2 is 1.43 bits per heavy atom. The first-order valence-corrected chi connectivity index (χ1v) is 13.0. The molecule has 0 aliphatic rings. The minimum absolute atomic E-state index is 0.145. The van der Waals surface area contributed by atoms with E-state index in [1.54, 1.807) is 78.9 Å².